The van der Waals surface area contributed by atoms with E-state index in [1.807, 2.05) is 4.90 Å². The summed E-state index contributed by atoms with van der Waals surface area (Å²) in [6, 6.07) is 5.96. The van der Waals surface area contributed by atoms with Crippen LogP contribution in [0.2, 0.25) is 5.15 Å². The van der Waals surface area contributed by atoms with Gasteiger partial charge in [-0.05, 0) is 44.9 Å². The van der Waals surface area contributed by atoms with E-state index in [-0.39, 0.29) is 11.0 Å². The monoisotopic (exact) mass is 527 g/mol. The van der Waals surface area contributed by atoms with Crippen molar-refractivity contribution in [2.45, 2.75) is 63.4 Å². The molecule has 4 rings (SSSR count). The summed E-state index contributed by atoms with van der Waals surface area (Å²) in [5, 5.41) is 4.75. The molecule has 0 saturated carbocycles. The van der Waals surface area contributed by atoms with Crippen LogP contribution in [0.15, 0.2) is 36.5 Å². The number of anilines is 2. The normalized spacial score (nSPS) is 18.1. The molecule has 2 aromatic heterocycles. The number of hydrogen-bond donors (Lipinski definition) is 0. The Labute approximate surface area is 211 Å². The first kappa shape index (κ1) is 26.1. The average molecular weight is 528 g/mol. The molecule has 1 aliphatic heterocycles. The minimum absolute atomic E-state index is 0.0337. The van der Waals surface area contributed by atoms with Gasteiger partial charge in [-0.3, -0.25) is 0 Å². The maximum absolute atomic E-state index is 14.1. The third kappa shape index (κ3) is 4.85. The number of benzene rings is 1. The van der Waals surface area contributed by atoms with E-state index in [9.17, 15) is 17.7 Å². The molecule has 2 atom stereocenters. The van der Waals surface area contributed by atoms with Crippen molar-refractivity contribution in [2.24, 2.45) is 0 Å². The van der Waals surface area contributed by atoms with Gasteiger partial charge in [-0.15, -0.1) is 4.31 Å². The van der Waals surface area contributed by atoms with Crippen molar-refractivity contribution in [3.05, 3.63) is 52.9 Å². The minimum Gasteiger partial charge on any atom is -0.597 e. The highest BCUT2D eigenvalue weighted by atomic mass is 35.5. The molecule has 3 heterocycles. The van der Waals surface area contributed by atoms with Gasteiger partial charge in [-0.1, -0.05) is 37.6 Å². The Morgan fingerprint density at radius 1 is 1.17 bits per heavy atom. The lowest BCUT2D eigenvalue weighted by atomic mass is 9.81. The first-order chi connectivity index (χ1) is 16.1. The number of nitrogens with zero attached hydrogens (tertiary/aromatic N) is 5. The molecule has 6 nitrogen and oxygen atoms in total. The Morgan fingerprint density at radius 2 is 1.80 bits per heavy atom. The zero-order valence-electron chi connectivity index (χ0n) is 20.5. The second kappa shape index (κ2) is 8.83. The fourth-order valence-electron chi connectivity index (χ4n) is 4.60. The standard InChI is InChI=1S/C24H29ClF3N5OS/c1-22(2,3)35(34)31(6)20(24(26,27)28)15-7-9-16(10-8-15)32-12-11-23(4,5)21-17(32)14-29-19-13-18(25)30-33(19)21/h7-10,13-14,20H,11-12H2,1-6H3/t20-,35?/m0/s1. The molecule has 0 N–H and O–H groups in total. The molecule has 0 bridgehead atoms. The Balaban J connectivity index is 1.73. The zero-order valence-corrected chi connectivity index (χ0v) is 22.1. The molecule has 0 spiro atoms. The molecule has 0 radical (unpaired) electrons. The van der Waals surface area contributed by atoms with Crippen molar-refractivity contribution < 1.29 is 17.7 Å². The SMILES string of the molecule is CN([C@@H](c1ccc(N2CCC(C)(C)c3c2cnc2cc(Cl)nn32)cc1)C(F)(F)F)[S+]([O-])C(C)(C)C. The van der Waals surface area contributed by atoms with Gasteiger partial charge in [0.05, 0.1) is 17.6 Å². The van der Waals surface area contributed by atoms with Crippen LogP contribution in [0.3, 0.4) is 0 Å². The van der Waals surface area contributed by atoms with Gasteiger partial charge >= 0.3 is 6.18 Å². The van der Waals surface area contributed by atoms with Crippen LogP contribution in [-0.2, 0) is 16.8 Å². The Kier molecular flexibility index (Phi) is 6.57. The van der Waals surface area contributed by atoms with Crippen LogP contribution >= 0.6 is 11.6 Å². The van der Waals surface area contributed by atoms with E-state index in [2.05, 4.69) is 23.9 Å². The van der Waals surface area contributed by atoms with Gasteiger partial charge in [0, 0.05) is 42.1 Å². The van der Waals surface area contributed by atoms with Gasteiger partial charge in [0.2, 0.25) is 0 Å². The predicted molar refractivity (Wildman–Crippen MR) is 134 cm³/mol. The minimum atomic E-state index is -4.59. The van der Waals surface area contributed by atoms with Crippen LogP contribution in [0.1, 0.15) is 58.3 Å². The fourth-order valence-corrected chi connectivity index (χ4v) is 6.07. The van der Waals surface area contributed by atoms with Gasteiger partial charge in [0.15, 0.2) is 16.8 Å². The molecular formula is C24H29ClF3N5OS. The second-order valence-electron chi connectivity index (χ2n) is 10.5. The number of fused-ring (bicyclic) bond motifs is 3. The molecule has 190 valence electrons. The van der Waals surface area contributed by atoms with Crippen molar-refractivity contribution in [3.8, 4) is 0 Å². The summed E-state index contributed by atoms with van der Waals surface area (Å²) in [5.74, 6) is 0. The molecule has 0 amide bonds. The number of rotatable bonds is 4. The largest absolute Gasteiger partial charge is 0.597 e. The number of alkyl halides is 3. The Morgan fingerprint density at radius 3 is 2.37 bits per heavy atom. The van der Waals surface area contributed by atoms with Crippen LogP contribution in [0.25, 0.3) is 5.65 Å². The van der Waals surface area contributed by atoms with E-state index < -0.39 is 28.3 Å². The van der Waals surface area contributed by atoms with E-state index in [4.69, 9.17) is 11.6 Å². The zero-order chi connectivity index (χ0) is 25.9. The number of halogens is 4. The quantitative estimate of drug-likeness (QED) is 0.378. The van der Waals surface area contributed by atoms with E-state index in [0.717, 1.165) is 27.8 Å². The molecule has 0 aliphatic carbocycles. The van der Waals surface area contributed by atoms with Gasteiger partial charge in [0.25, 0.3) is 0 Å². The van der Waals surface area contributed by atoms with Crippen LogP contribution in [0.5, 0.6) is 0 Å². The summed E-state index contributed by atoms with van der Waals surface area (Å²) in [7, 11) is 1.25. The molecule has 0 saturated heterocycles. The molecule has 1 aliphatic rings. The van der Waals surface area contributed by atoms with Crippen LogP contribution in [0, 0.1) is 0 Å². The number of hydrogen-bond acceptors (Lipinski definition) is 5. The number of aromatic nitrogens is 3. The summed E-state index contributed by atoms with van der Waals surface area (Å²) >= 11 is 4.28. The van der Waals surface area contributed by atoms with Crippen molar-refractivity contribution >= 4 is 40.0 Å². The van der Waals surface area contributed by atoms with Gasteiger partial charge in [-0.2, -0.15) is 18.3 Å². The van der Waals surface area contributed by atoms with Crippen LogP contribution < -0.4 is 4.90 Å². The fraction of sp³-hybridized carbons (Fsp3) is 0.500. The summed E-state index contributed by atoms with van der Waals surface area (Å²) < 4.78 is 56.8. The average Bonchev–Trinajstić information content (AvgIpc) is 3.12. The van der Waals surface area contributed by atoms with E-state index >= 15 is 0 Å². The van der Waals surface area contributed by atoms with E-state index in [1.165, 1.54) is 19.2 Å². The molecule has 0 fully saturated rings. The second-order valence-corrected chi connectivity index (χ2v) is 13.1. The van der Waals surface area contributed by atoms with Crippen molar-refractivity contribution in [2.75, 3.05) is 18.5 Å². The van der Waals surface area contributed by atoms with Gasteiger partial charge in [-0.25, -0.2) is 9.50 Å². The van der Waals surface area contributed by atoms with E-state index in [0.29, 0.717) is 17.3 Å². The molecular weight excluding hydrogens is 499 g/mol. The van der Waals surface area contributed by atoms with Gasteiger partial charge in [0.1, 0.15) is 4.75 Å². The smallest absolute Gasteiger partial charge is 0.412 e. The van der Waals surface area contributed by atoms with Crippen LogP contribution in [-0.4, -0.2) is 48.0 Å². The highest BCUT2D eigenvalue weighted by Crippen LogP contribution is 2.44. The highest BCUT2D eigenvalue weighted by molar-refractivity contribution is 7.90. The summed E-state index contributed by atoms with van der Waals surface area (Å²) in [4.78, 5) is 6.52. The molecule has 3 aromatic rings. The maximum atomic E-state index is 14.1. The summed E-state index contributed by atoms with van der Waals surface area (Å²) in [6.07, 6.45) is -2.03. The molecule has 1 unspecified atom stereocenters. The van der Waals surface area contributed by atoms with E-state index in [1.54, 1.807) is 49.7 Å². The molecule has 35 heavy (non-hydrogen) atoms. The molecule has 1 aromatic carbocycles. The highest BCUT2D eigenvalue weighted by Gasteiger charge is 2.50. The first-order valence-electron chi connectivity index (χ1n) is 11.2. The summed E-state index contributed by atoms with van der Waals surface area (Å²) in [6.45, 7) is 9.88. The summed E-state index contributed by atoms with van der Waals surface area (Å²) in [5.41, 5.74) is 2.99. The Bertz CT molecular complexity index is 1220. The van der Waals surface area contributed by atoms with Crippen molar-refractivity contribution in [3.63, 3.8) is 0 Å². The maximum Gasteiger partial charge on any atom is 0.412 e. The molecule has 11 heteroatoms. The lowest BCUT2D eigenvalue weighted by Gasteiger charge is -2.40. The van der Waals surface area contributed by atoms with Crippen molar-refractivity contribution in [1.82, 2.24) is 18.9 Å². The topological polar surface area (TPSA) is 59.7 Å². The third-order valence-corrected chi connectivity index (χ3v) is 8.27. The lowest BCUT2D eigenvalue weighted by Crippen LogP contribution is -2.46. The van der Waals surface area contributed by atoms with Crippen LogP contribution in [0.4, 0.5) is 24.5 Å². The predicted octanol–water partition coefficient (Wildman–Crippen LogP) is 6.20. The first-order valence-corrected chi connectivity index (χ1v) is 12.7. The van der Waals surface area contributed by atoms with Gasteiger partial charge < -0.3 is 9.45 Å². The lowest BCUT2D eigenvalue weighted by molar-refractivity contribution is -0.171. The van der Waals surface area contributed by atoms with Crippen molar-refractivity contribution in [1.29, 1.82) is 0 Å². The third-order valence-electron chi connectivity index (χ3n) is 6.31. The Hall–Kier alpha value is -2.01.